The van der Waals surface area contributed by atoms with Crippen LogP contribution in [0.4, 0.5) is 0 Å². The molecule has 17 heavy (non-hydrogen) atoms. The Morgan fingerprint density at radius 2 is 1.94 bits per heavy atom. The monoisotopic (exact) mass is 235 g/mol. The number of aryl methyl sites for hydroxylation is 1. The third-order valence-electron chi connectivity index (χ3n) is 3.74. The summed E-state index contributed by atoms with van der Waals surface area (Å²) in [5, 5.41) is 9.98. The van der Waals surface area contributed by atoms with Gasteiger partial charge >= 0.3 is 0 Å². The summed E-state index contributed by atoms with van der Waals surface area (Å²) in [6.07, 6.45) is 1.15. The molecule has 0 aliphatic carbocycles. The van der Waals surface area contributed by atoms with Gasteiger partial charge in [-0.3, -0.25) is 0 Å². The molecule has 0 aromatic heterocycles. The zero-order valence-corrected chi connectivity index (χ0v) is 11.4. The maximum atomic E-state index is 9.98. The molecule has 0 amide bonds. The molecule has 0 heterocycles. The van der Waals surface area contributed by atoms with Gasteiger partial charge in [0.05, 0.1) is 6.10 Å². The Labute approximate surface area is 105 Å². The van der Waals surface area contributed by atoms with Crippen molar-refractivity contribution in [1.29, 1.82) is 0 Å². The molecule has 0 aliphatic heterocycles. The largest absolute Gasteiger partial charge is 0.391 e. The molecule has 0 radical (unpaired) electrons. The number of benzene rings is 1. The number of rotatable bonds is 5. The highest BCUT2D eigenvalue weighted by molar-refractivity contribution is 5.35. The average Bonchev–Trinajstić information content (AvgIpc) is 2.31. The first-order valence-corrected chi connectivity index (χ1v) is 6.47. The maximum absolute atomic E-state index is 9.98. The van der Waals surface area contributed by atoms with Gasteiger partial charge in [0.25, 0.3) is 0 Å². The Morgan fingerprint density at radius 3 is 2.53 bits per heavy atom. The SMILES string of the molecule is CCC(N)C(O)CC(C)c1cccc(C)c1C. The van der Waals surface area contributed by atoms with Crippen LogP contribution in [0, 0.1) is 13.8 Å². The molecule has 0 saturated carbocycles. The highest BCUT2D eigenvalue weighted by Gasteiger charge is 2.18. The van der Waals surface area contributed by atoms with E-state index in [1.807, 2.05) is 6.92 Å². The highest BCUT2D eigenvalue weighted by atomic mass is 16.3. The number of hydrogen-bond acceptors (Lipinski definition) is 2. The Hall–Kier alpha value is -0.860. The van der Waals surface area contributed by atoms with E-state index in [0.29, 0.717) is 5.92 Å². The Morgan fingerprint density at radius 1 is 1.29 bits per heavy atom. The van der Waals surface area contributed by atoms with Gasteiger partial charge in [-0.05, 0) is 49.3 Å². The quantitative estimate of drug-likeness (QED) is 0.824. The second-order valence-corrected chi connectivity index (χ2v) is 5.07. The van der Waals surface area contributed by atoms with E-state index in [-0.39, 0.29) is 6.04 Å². The fraction of sp³-hybridized carbons (Fsp3) is 0.600. The average molecular weight is 235 g/mol. The summed E-state index contributed by atoms with van der Waals surface area (Å²) >= 11 is 0. The molecule has 96 valence electrons. The number of nitrogens with two attached hydrogens (primary N) is 1. The van der Waals surface area contributed by atoms with Crippen LogP contribution in [0.5, 0.6) is 0 Å². The first kappa shape index (κ1) is 14.2. The van der Waals surface area contributed by atoms with Crippen LogP contribution in [0.25, 0.3) is 0 Å². The summed E-state index contributed by atoms with van der Waals surface area (Å²) < 4.78 is 0. The van der Waals surface area contributed by atoms with E-state index >= 15 is 0 Å². The number of aliphatic hydroxyl groups is 1. The van der Waals surface area contributed by atoms with E-state index in [9.17, 15) is 5.11 Å². The Bertz CT molecular complexity index is 362. The van der Waals surface area contributed by atoms with Crippen molar-refractivity contribution in [2.75, 3.05) is 0 Å². The second kappa shape index (κ2) is 6.18. The first-order valence-electron chi connectivity index (χ1n) is 6.47. The predicted octanol–water partition coefficient (Wildman–Crippen LogP) is 2.90. The minimum absolute atomic E-state index is 0.109. The van der Waals surface area contributed by atoms with Gasteiger partial charge in [-0.2, -0.15) is 0 Å². The van der Waals surface area contributed by atoms with Gasteiger partial charge in [-0.15, -0.1) is 0 Å². The molecular formula is C15H25NO. The van der Waals surface area contributed by atoms with E-state index in [2.05, 4.69) is 39.0 Å². The zero-order valence-electron chi connectivity index (χ0n) is 11.4. The van der Waals surface area contributed by atoms with E-state index in [4.69, 9.17) is 5.73 Å². The van der Waals surface area contributed by atoms with E-state index in [1.54, 1.807) is 0 Å². The molecule has 0 aliphatic rings. The number of hydrogen-bond donors (Lipinski definition) is 2. The van der Waals surface area contributed by atoms with Crippen molar-refractivity contribution < 1.29 is 5.11 Å². The molecule has 0 spiro atoms. The van der Waals surface area contributed by atoms with Gasteiger partial charge in [0.15, 0.2) is 0 Å². The highest BCUT2D eigenvalue weighted by Crippen LogP contribution is 2.26. The normalized spacial score (nSPS) is 16.6. The molecule has 1 rings (SSSR count). The summed E-state index contributed by atoms with van der Waals surface area (Å²) in [6, 6.07) is 6.25. The van der Waals surface area contributed by atoms with Gasteiger partial charge in [0.2, 0.25) is 0 Å². The predicted molar refractivity (Wildman–Crippen MR) is 73.2 cm³/mol. The fourth-order valence-corrected chi connectivity index (χ4v) is 2.24. The van der Waals surface area contributed by atoms with Crippen molar-refractivity contribution in [3.63, 3.8) is 0 Å². The fourth-order valence-electron chi connectivity index (χ4n) is 2.24. The third kappa shape index (κ3) is 3.55. The Kier molecular flexibility index (Phi) is 5.16. The summed E-state index contributed by atoms with van der Waals surface area (Å²) in [7, 11) is 0. The molecule has 0 fully saturated rings. The van der Waals surface area contributed by atoms with Crippen molar-refractivity contribution in [3.8, 4) is 0 Å². The summed E-state index contributed by atoms with van der Waals surface area (Å²) in [4.78, 5) is 0. The third-order valence-corrected chi connectivity index (χ3v) is 3.74. The van der Waals surface area contributed by atoms with Crippen LogP contribution in [0.2, 0.25) is 0 Å². The van der Waals surface area contributed by atoms with Crippen molar-refractivity contribution >= 4 is 0 Å². The topological polar surface area (TPSA) is 46.2 Å². The molecular weight excluding hydrogens is 210 g/mol. The van der Waals surface area contributed by atoms with Gasteiger partial charge in [0.1, 0.15) is 0 Å². The lowest BCUT2D eigenvalue weighted by Gasteiger charge is -2.23. The molecule has 3 N–H and O–H groups in total. The van der Waals surface area contributed by atoms with E-state index < -0.39 is 6.10 Å². The van der Waals surface area contributed by atoms with Crippen LogP contribution >= 0.6 is 0 Å². The summed E-state index contributed by atoms with van der Waals surface area (Å²) in [5.41, 5.74) is 9.83. The Balaban J connectivity index is 2.76. The standard InChI is InChI=1S/C15H25NO/c1-5-14(16)15(17)9-11(3)13-8-6-7-10(2)12(13)4/h6-8,11,14-15,17H,5,9,16H2,1-4H3. The molecule has 1 aromatic carbocycles. The molecule has 2 nitrogen and oxygen atoms in total. The first-order chi connectivity index (χ1) is 7.97. The smallest absolute Gasteiger partial charge is 0.0696 e. The van der Waals surface area contributed by atoms with Gasteiger partial charge in [-0.25, -0.2) is 0 Å². The number of aliphatic hydroxyl groups excluding tert-OH is 1. The lowest BCUT2D eigenvalue weighted by atomic mass is 9.88. The molecule has 3 unspecified atom stereocenters. The van der Waals surface area contributed by atoms with Crippen molar-refractivity contribution in [2.45, 2.75) is 58.6 Å². The summed E-state index contributed by atoms with van der Waals surface area (Å²) in [5.74, 6) is 0.350. The minimum atomic E-state index is -0.407. The van der Waals surface area contributed by atoms with Crippen LogP contribution in [0.3, 0.4) is 0 Å². The molecule has 0 bridgehead atoms. The van der Waals surface area contributed by atoms with Gasteiger partial charge < -0.3 is 10.8 Å². The van der Waals surface area contributed by atoms with Gasteiger partial charge in [0, 0.05) is 6.04 Å². The van der Waals surface area contributed by atoms with Crippen LogP contribution in [-0.4, -0.2) is 17.3 Å². The molecule has 3 atom stereocenters. The van der Waals surface area contributed by atoms with Crippen LogP contribution in [-0.2, 0) is 0 Å². The summed E-state index contributed by atoms with van der Waals surface area (Å²) in [6.45, 7) is 8.44. The van der Waals surface area contributed by atoms with Crippen molar-refractivity contribution in [1.82, 2.24) is 0 Å². The second-order valence-electron chi connectivity index (χ2n) is 5.07. The lowest BCUT2D eigenvalue weighted by molar-refractivity contribution is 0.126. The minimum Gasteiger partial charge on any atom is -0.391 e. The van der Waals surface area contributed by atoms with E-state index in [1.165, 1.54) is 16.7 Å². The maximum Gasteiger partial charge on any atom is 0.0696 e. The van der Waals surface area contributed by atoms with Crippen LogP contribution in [0.15, 0.2) is 18.2 Å². The lowest BCUT2D eigenvalue weighted by Crippen LogP contribution is -2.34. The molecule has 1 aromatic rings. The van der Waals surface area contributed by atoms with E-state index in [0.717, 1.165) is 12.8 Å². The van der Waals surface area contributed by atoms with Crippen molar-refractivity contribution in [2.24, 2.45) is 5.73 Å². The van der Waals surface area contributed by atoms with Crippen LogP contribution in [0.1, 0.15) is 49.3 Å². The molecule has 0 saturated heterocycles. The van der Waals surface area contributed by atoms with Crippen molar-refractivity contribution in [3.05, 3.63) is 34.9 Å². The molecule has 2 heteroatoms. The zero-order chi connectivity index (χ0) is 13.0. The van der Waals surface area contributed by atoms with Gasteiger partial charge in [-0.1, -0.05) is 32.0 Å². The van der Waals surface area contributed by atoms with Crippen LogP contribution < -0.4 is 5.73 Å².